The predicted octanol–water partition coefficient (Wildman–Crippen LogP) is 3.69. The van der Waals surface area contributed by atoms with E-state index in [-0.39, 0.29) is 11.5 Å². The Bertz CT molecular complexity index is 1020. The molecule has 0 saturated heterocycles. The Hall–Kier alpha value is -3.68. The molecule has 0 unspecified atom stereocenters. The summed E-state index contributed by atoms with van der Waals surface area (Å²) < 4.78 is 24.1. The van der Waals surface area contributed by atoms with Crippen LogP contribution in [0.15, 0.2) is 48.5 Å². The van der Waals surface area contributed by atoms with Gasteiger partial charge in [-0.25, -0.2) is 14.4 Å². The first-order valence-electron chi connectivity index (χ1n) is 8.66. The normalized spacial score (nSPS) is 12.4. The molecular weight excluding hydrogens is 363 g/mol. The fourth-order valence-corrected chi connectivity index (χ4v) is 2.75. The third-order valence-electron chi connectivity index (χ3n) is 3.99. The monoisotopic (exact) mass is 380 g/mol. The van der Waals surface area contributed by atoms with Crippen LogP contribution in [0.2, 0.25) is 0 Å². The summed E-state index contributed by atoms with van der Waals surface area (Å²) in [6.45, 7) is 2.72. The minimum atomic E-state index is -0.415. The first kappa shape index (κ1) is 17.7. The Morgan fingerprint density at radius 2 is 1.68 bits per heavy atom. The minimum absolute atomic E-state index is 0.192. The van der Waals surface area contributed by atoms with Crippen LogP contribution in [0.4, 0.5) is 21.6 Å². The Kier molecular flexibility index (Phi) is 4.76. The van der Waals surface area contributed by atoms with Crippen molar-refractivity contribution in [1.29, 1.82) is 0 Å². The van der Waals surface area contributed by atoms with Gasteiger partial charge >= 0.3 is 0 Å². The lowest BCUT2D eigenvalue weighted by atomic mass is 10.2. The van der Waals surface area contributed by atoms with Crippen molar-refractivity contribution in [3.05, 3.63) is 65.9 Å². The van der Waals surface area contributed by atoms with E-state index < -0.39 is 5.91 Å². The van der Waals surface area contributed by atoms with Gasteiger partial charge in [-0.15, -0.1) is 0 Å². The van der Waals surface area contributed by atoms with Gasteiger partial charge in [-0.05, 0) is 43.3 Å². The summed E-state index contributed by atoms with van der Waals surface area (Å²) in [6, 6.07) is 12.5. The second-order valence-electron chi connectivity index (χ2n) is 6.13. The van der Waals surface area contributed by atoms with Crippen LogP contribution in [0.3, 0.4) is 0 Å². The molecule has 4 rings (SSSR count). The molecule has 0 aliphatic carbocycles. The number of hydrogen-bond acceptors (Lipinski definition) is 6. The molecule has 0 bridgehead atoms. The lowest BCUT2D eigenvalue weighted by molar-refractivity contribution is 0.102. The maximum Gasteiger partial charge on any atom is 0.274 e. The molecule has 1 aliphatic heterocycles. The topological polar surface area (TPSA) is 85.4 Å². The van der Waals surface area contributed by atoms with Crippen LogP contribution in [0, 0.1) is 12.7 Å². The number of ether oxygens (including phenoxy) is 2. The molecule has 2 aromatic carbocycles. The quantitative estimate of drug-likeness (QED) is 0.718. The third-order valence-corrected chi connectivity index (χ3v) is 3.99. The van der Waals surface area contributed by atoms with Crippen molar-refractivity contribution in [2.45, 2.75) is 6.92 Å². The van der Waals surface area contributed by atoms with E-state index in [2.05, 4.69) is 20.6 Å². The molecule has 0 spiro atoms. The summed E-state index contributed by atoms with van der Waals surface area (Å²) in [6.07, 6.45) is 0. The summed E-state index contributed by atoms with van der Waals surface area (Å²) in [7, 11) is 0. The molecule has 2 heterocycles. The maximum atomic E-state index is 13.0. The summed E-state index contributed by atoms with van der Waals surface area (Å²) in [5.41, 5.74) is 1.41. The van der Waals surface area contributed by atoms with E-state index >= 15 is 0 Å². The number of halogens is 1. The second-order valence-corrected chi connectivity index (χ2v) is 6.13. The number of fused-ring (bicyclic) bond motifs is 1. The standard InChI is InChI=1S/C20H17FN4O3/c1-12-22-16(20(26)25-14-4-2-13(21)3-5-14)11-19(23-12)24-15-6-7-17-18(10-15)28-9-8-27-17/h2-7,10-11H,8-9H2,1H3,(H,25,26)(H,22,23,24). The fraction of sp³-hybridized carbons (Fsp3) is 0.150. The van der Waals surface area contributed by atoms with Crippen molar-refractivity contribution >= 4 is 23.1 Å². The summed E-state index contributed by atoms with van der Waals surface area (Å²) in [5, 5.41) is 5.83. The average molecular weight is 380 g/mol. The minimum Gasteiger partial charge on any atom is -0.486 e. The lowest BCUT2D eigenvalue weighted by Crippen LogP contribution is -2.16. The van der Waals surface area contributed by atoms with E-state index in [1.807, 2.05) is 18.2 Å². The average Bonchev–Trinajstić information content (AvgIpc) is 2.69. The molecule has 0 radical (unpaired) electrons. The van der Waals surface area contributed by atoms with Crippen molar-refractivity contribution in [3.8, 4) is 11.5 Å². The molecule has 1 aliphatic rings. The number of aryl methyl sites for hydroxylation is 1. The maximum absolute atomic E-state index is 13.0. The van der Waals surface area contributed by atoms with Gasteiger partial charge in [0.15, 0.2) is 11.5 Å². The van der Waals surface area contributed by atoms with E-state index in [9.17, 15) is 9.18 Å². The van der Waals surface area contributed by atoms with Crippen molar-refractivity contribution in [1.82, 2.24) is 9.97 Å². The Balaban J connectivity index is 1.53. The molecule has 1 amide bonds. The molecule has 142 valence electrons. The van der Waals surface area contributed by atoms with E-state index in [0.717, 1.165) is 5.69 Å². The lowest BCUT2D eigenvalue weighted by Gasteiger charge is -2.19. The van der Waals surface area contributed by atoms with Gasteiger partial charge in [-0.2, -0.15) is 0 Å². The molecule has 28 heavy (non-hydrogen) atoms. The van der Waals surface area contributed by atoms with Gasteiger partial charge in [-0.1, -0.05) is 0 Å². The van der Waals surface area contributed by atoms with Crippen LogP contribution in [0.1, 0.15) is 16.3 Å². The Morgan fingerprint density at radius 1 is 0.964 bits per heavy atom. The van der Waals surface area contributed by atoms with Gasteiger partial charge in [0.2, 0.25) is 0 Å². The van der Waals surface area contributed by atoms with Gasteiger partial charge < -0.3 is 20.1 Å². The van der Waals surface area contributed by atoms with Crippen LogP contribution >= 0.6 is 0 Å². The van der Waals surface area contributed by atoms with Gasteiger partial charge in [0.1, 0.15) is 36.4 Å². The number of aromatic nitrogens is 2. The number of rotatable bonds is 4. The Morgan fingerprint density at radius 3 is 2.46 bits per heavy atom. The summed E-state index contributed by atoms with van der Waals surface area (Å²) in [4.78, 5) is 21.0. The van der Waals surface area contributed by atoms with Crippen LogP contribution in [-0.2, 0) is 0 Å². The van der Waals surface area contributed by atoms with Crippen molar-refractivity contribution < 1.29 is 18.7 Å². The zero-order valence-corrected chi connectivity index (χ0v) is 15.0. The zero-order chi connectivity index (χ0) is 19.5. The number of hydrogen-bond donors (Lipinski definition) is 2. The highest BCUT2D eigenvalue weighted by Crippen LogP contribution is 2.33. The molecule has 0 saturated carbocycles. The third kappa shape index (κ3) is 4.01. The molecule has 8 heteroatoms. The highest BCUT2D eigenvalue weighted by molar-refractivity contribution is 6.03. The second kappa shape index (κ2) is 7.51. The van der Waals surface area contributed by atoms with Gasteiger partial charge in [-0.3, -0.25) is 4.79 Å². The zero-order valence-electron chi connectivity index (χ0n) is 15.0. The van der Waals surface area contributed by atoms with E-state index in [0.29, 0.717) is 42.0 Å². The van der Waals surface area contributed by atoms with Crippen LogP contribution < -0.4 is 20.1 Å². The van der Waals surface area contributed by atoms with Gasteiger partial charge in [0.25, 0.3) is 5.91 Å². The SMILES string of the molecule is Cc1nc(Nc2ccc3c(c2)OCCO3)cc(C(=O)Nc2ccc(F)cc2)n1. The number of anilines is 3. The van der Waals surface area contributed by atoms with E-state index in [1.54, 1.807) is 13.0 Å². The molecule has 1 aromatic heterocycles. The highest BCUT2D eigenvalue weighted by Gasteiger charge is 2.14. The number of nitrogens with zero attached hydrogens (tertiary/aromatic N) is 2. The molecule has 0 fully saturated rings. The molecule has 2 N–H and O–H groups in total. The van der Waals surface area contributed by atoms with Gasteiger partial charge in [0, 0.05) is 23.5 Å². The summed E-state index contributed by atoms with van der Waals surface area (Å²) in [5.74, 6) is 1.45. The number of carbonyl (C=O) groups excluding carboxylic acids is 1. The smallest absolute Gasteiger partial charge is 0.274 e. The van der Waals surface area contributed by atoms with Crippen LogP contribution in [0.5, 0.6) is 11.5 Å². The molecular formula is C20H17FN4O3. The molecule has 0 atom stereocenters. The highest BCUT2D eigenvalue weighted by atomic mass is 19.1. The molecule has 7 nitrogen and oxygen atoms in total. The van der Waals surface area contributed by atoms with Crippen molar-refractivity contribution in [3.63, 3.8) is 0 Å². The number of amides is 1. The summed E-state index contributed by atoms with van der Waals surface area (Å²) >= 11 is 0. The largest absolute Gasteiger partial charge is 0.486 e. The van der Waals surface area contributed by atoms with E-state index in [4.69, 9.17) is 9.47 Å². The molecule has 3 aromatic rings. The van der Waals surface area contributed by atoms with Crippen molar-refractivity contribution in [2.24, 2.45) is 0 Å². The van der Waals surface area contributed by atoms with Gasteiger partial charge in [0.05, 0.1) is 0 Å². The first-order chi connectivity index (χ1) is 13.6. The number of benzene rings is 2. The predicted molar refractivity (Wildman–Crippen MR) is 102 cm³/mol. The van der Waals surface area contributed by atoms with Crippen LogP contribution in [0.25, 0.3) is 0 Å². The van der Waals surface area contributed by atoms with E-state index in [1.165, 1.54) is 24.3 Å². The first-order valence-corrected chi connectivity index (χ1v) is 8.66. The number of nitrogens with one attached hydrogen (secondary N) is 2. The van der Waals surface area contributed by atoms with Crippen molar-refractivity contribution in [2.75, 3.05) is 23.8 Å². The number of carbonyl (C=O) groups is 1. The van der Waals surface area contributed by atoms with Crippen LogP contribution in [-0.4, -0.2) is 29.1 Å². The Labute approximate surface area is 160 Å². The fourth-order valence-electron chi connectivity index (χ4n) is 2.75.